The lowest BCUT2D eigenvalue weighted by Crippen LogP contribution is -2.23. The summed E-state index contributed by atoms with van der Waals surface area (Å²) in [7, 11) is 1.88. The minimum atomic E-state index is 0.0645. The number of nitrogens with zero attached hydrogens (tertiary/aromatic N) is 3. The van der Waals surface area contributed by atoms with E-state index in [1.807, 2.05) is 38.7 Å². The molecule has 1 heterocycles. The highest BCUT2D eigenvalue weighted by atomic mass is 16.1. The van der Waals surface area contributed by atoms with Crippen molar-refractivity contribution in [3.05, 3.63) is 11.9 Å². The van der Waals surface area contributed by atoms with Crippen LogP contribution in [0.1, 0.15) is 72.4 Å². The second-order valence-corrected chi connectivity index (χ2v) is 6.07. The fourth-order valence-corrected chi connectivity index (χ4v) is 1.89. The Morgan fingerprint density at radius 1 is 1.31 bits per heavy atom. The van der Waals surface area contributed by atoms with E-state index in [1.54, 1.807) is 0 Å². The maximum absolute atomic E-state index is 11.6. The topological polar surface area (TPSA) is 88.9 Å². The molecule has 1 aromatic rings. The van der Waals surface area contributed by atoms with Crippen molar-refractivity contribution < 1.29 is 9.59 Å². The van der Waals surface area contributed by atoms with Gasteiger partial charge in [-0.05, 0) is 38.8 Å². The number of amides is 1. The maximum atomic E-state index is 11.6. The number of aromatic nitrogens is 3. The molecule has 7 nitrogen and oxygen atoms in total. The number of aldehydes is 1. The predicted octanol–water partition coefficient (Wildman–Crippen LogP) is 2.95. The van der Waals surface area contributed by atoms with Gasteiger partial charge >= 0.3 is 0 Å². The van der Waals surface area contributed by atoms with Gasteiger partial charge in [0, 0.05) is 19.4 Å². The molecule has 0 aliphatic carbocycles. The summed E-state index contributed by atoms with van der Waals surface area (Å²) in [4.78, 5) is 20.7. The molecule has 0 atom stereocenters. The van der Waals surface area contributed by atoms with Gasteiger partial charge in [-0.2, -0.15) is 0 Å². The molecule has 7 heteroatoms. The summed E-state index contributed by atoms with van der Waals surface area (Å²) in [6.45, 7) is 12.5. The van der Waals surface area contributed by atoms with Crippen molar-refractivity contribution in [1.29, 1.82) is 0 Å². The Morgan fingerprint density at radius 2 is 1.96 bits per heavy atom. The number of nitrogens with one attached hydrogen (secondary N) is 2. The zero-order valence-corrected chi connectivity index (χ0v) is 17.5. The Hall–Kier alpha value is -1.76. The standard InChI is InChI=1S/C14H27N5O.C3H6O.C2H6/c1-12(2)6-5-9-19-11-13(17-18-19)10-16-14(20)7-4-8-15-3;1-2-3-4;1-2/h11-12,15H,4-10H2,1-3H3,(H,16,20);3H,2H2,1H3;1-2H3. The lowest BCUT2D eigenvalue weighted by atomic mass is 10.1. The Morgan fingerprint density at radius 3 is 2.50 bits per heavy atom. The molecule has 1 aromatic heterocycles. The monoisotopic (exact) mass is 369 g/mol. The minimum Gasteiger partial charge on any atom is -0.350 e. The highest BCUT2D eigenvalue weighted by molar-refractivity contribution is 5.75. The van der Waals surface area contributed by atoms with Crippen molar-refractivity contribution in [3.63, 3.8) is 0 Å². The van der Waals surface area contributed by atoms with Crippen LogP contribution in [-0.2, 0) is 22.7 Å². The quantitative estimate of drug-likeness (QED) is 0.462. The van der Waals surface area contributed by atoms with Crippen molar-refractivity contribution in [2.24, 2.45) is 5.92 Å². The van der Waals surface area contributed by atoms with E-state index in [2.05, 4.69) is 34.8 Å². The molecule has 0 fully saturated rings. The molecule has 1 amide bonds. The third kappa shape index (κ3) is 17.1. The Kier molecular flexibility index (Phi) is 19.9. The summed E-state index contributed by atoms with van der Waals surface area (Å²) in [5.74, 6) is 0.782. The van der Waals surface area contributed by atoms with E-state index in [1.165, 1.54) is 6.42 Å². The number of hydrogen-bond acceptors (Lipinski definition) is 5. The van der Waals surface area contributed by atoms with Gasteiger partial charge in [0.1, 0.15) is 12.0 Å². The van der Waals surface area contributed by atoms with Gasteiger partial charge in [-0.1, -0.05) is 39.8 Å². The van der Waals surface area contributed by atoms with E-state index in [-0.39, 0.29) is 5.91 Å². The normalized spacial score (nSPS) is 9.65. The zero-order chi connectivity index (χ0) is 20.2. The lowest BCUT2D eigenvalue weighted by molar-refractivity contribution is -0.121. The molecule has 0 spiro atoms. The highest BCUT2D eigenvalue weighted by Gasteiger charge is 2.04. The highest BCUT2D eigenvalue weighted by Crippen LogP contribution is 2.05. The molecular formula is C19H39N5O2. The molecule has 152 valence electrons. The summed E-state index contributed by atoms with van der Waals surface area (Å²) < 4.78 is 1.85. The molecule has 0 aliphatic rings. The van der Waals surface area contributed by atoms with Crippen molar-refractivity contribution in [2.45, 2.75) is 79.8 Å². The summed E-state index contributed by atoms with van der Waals surface area (Å²) in [5, 5.41) is 14.0. The minimum absolute atomic E-state index is 0.0645. The molecule has 0 radical (unpaired) electrons. The van der Waals surface area contributed by atoms with Crippen molar-refractivity contribution >= 4 is 12.2 Å². The summed E-state index contributed by atoms with van der Waals surface area (Å²) in [5.41, 5.74) is 0.816. The molecule has 0 unspecified atom stereocenters. The van der Waals surface area contributed by atoms with E-state index in [4.69, 9.17) is 0 Å². The third-order valence-electron chi connectivity index (χ3n) is 3.22. The van der Waals surface area contributed by atoms with E-state index in [0.29, 0.717) is 19.4 Å². The third-order valence-corrected chi connectivity index (χ3v) is 3.22. The number of rotatable bonds is 11. The fourth-order valence-electron chi connectivity index (χ4n) is 1.89. The van der Waals surface area contributed by atoms with Crippen LogP contribution in [0.25, 0.3) is 0 Å². The van der Waals surface area contributed by atoms with Crippen LogP contribution < -0.4 is 10.6 Å². The predicted molar refractivity (Wildman–Crippen MR) is 107 cm³/mol. The first-order chi connectivity index (χ1) is 12.5. The number of hydrogen-bond donors (Lipinski definition) is 2. The van der Waals surface area contributed by atoms with Crippen molar-refractivity contribution in [3.8, 4) is 0 Å². The first kappa shape index (κ1) is 26.5. The molecule has 0 aliphatic heterocycles. The van der Waals surface area contributed by atoms with Gasteiger partial charge in [-0.3, -0.25) is 9.48 Å². The van der Waals surface area contributed by atoms with Crippen LogP contribution in [0.4, 0.5) is 0 Å². The second kappa shape index (κ2) is 19.6. The van der Waals surface area contributed by atoms with Gasteiger partial charge in [0.2, 0.25) is 5.91 Å². The van der Waals surface area contributed by atoms with Crippen molar-refractivity contribution in [1.82, 2.24) is 25.6 Å². The molecule has 0 aromatic carbocycles. The van der Waals surface area contributed by atoms with Crippen LogP contribution in [0.5, 0.6) is 0 Å². The van der Waals surface area contributed by atoms with Crippen LogP contribution in [0.3, 0.4) is 0 Å². The summed E-state index contributed by atoms with van der Waals surface area (Å²) in [6.07, 6.45) is 7.12. The Labute approximate surface area is 159 Å². The van der Waals surface area contributed by atoms with Crippen LogP contribution in [0.2, 0.25) is 0 Å². The average molecular weight is 370 g/mol. The largest absolute Gasteiger partial charge is 0.350 e. The number of carbonyl (C=O) groups excluding carboxylic acids is 2. The summed E-state index contributed by atoms with van der Waals surface area (Å²) in [6, 6.07) is 0. The van der Waals surface area contributed by atoms with E-state index < -0.39 is 0 Å². The van der Waals surface area contributed by atoms with Crippen LogP contribution in [-0.4, -0.2) is 40.8 Å². The van der Waals surface area contributed by atoms with Gasteiger partial charge in [-0.25, -0.2) is 0 Å². The number of aryl methyl sites for hydroxylation is 1. The maximum Gasteiger partial charge on any atom is 0.220 e. The molecular weight excluding hydrogens is 330 g/mol. The Bertz CT molecular complexity index is 447. The first-order valence-corrected chi connectivity index (χ1v) is 9.77. The first-order valence-electron chi connectivity index (χ1n) is 9.77. The van der Waals surface area contributed by atoms with Gasteiger partial charge in [0.25, 0.3) is 0 Å². The van der Waals surface area contributed by atoms with Crippen LogP contribution in [0, 0.1) is 5.92 Å². The van der Waals surface area contributed by atoms with Gasteiger partial charge in [0.05, 0.1) is 12.7 Å². The molecule has 0 saturated carbocycles. The molecule has 0 saturated heterocycles. The molecule has 2 N–H and O–H groups in total. The molecule has 0 bridgehead atoms. The smallest absolute Gasteiger partial charge is 0.220 e. The zero-order valence-electron chi connectivity index (χ0n) is 17.5. The fraction of sp³-hybridized carbons (Fsp3) is 0.789. The summed E-state index contributed by atoms with van der Waals surface area (Å²) >= 11 is 0. The van der Waals surface area contributed by atoms with Gasteiger partial charge in [0.15, 0.2) is 0 Å². The van der Waals surface area contributed by atoms with E-state index in [0.717, 1.165) is 43.8 Å². The van der Waals surface area contributed by atoms with E-state index in [9.17, 15) is 9.59 Å². The van der Waals surface area contributed by atoms with Crippen LogP contribution in [0.15, 0.2) is 6.20 Å². The van der Waals surface area contributed by atoms with E-state index >= 15 is 0 Å². The van der Waals surface area contributed by atoms with Crippen molar-refractivity contribution in [2.75, 3.05) is 13.6 Å². The van der Waals surface area contributed by atoms with Gasteiger partial charge in [-0.15, -0.1) is 5.10 Å². The second-order valence-electron chi connectivity index (χ2n) is 6.07. The molecule has 1 rings (SSSR count). The average Bonchev–Trinajstić information content (AvgIpc) is 3.09. The Balaban J connectivity index is 0. The number of carbonyl (C=O) groups is 2. The van der Waals surface area contributed by atoms with Crippen LogP contribution >= 0.6 is 0 Å². The SMILES string of the molecule is CC.CCC=O.CNCCCC(=O)NCc1cn(CCCC(C)C)nn1. The van der Waals surface area contributed by atoms with Gasteiger partial charge < -0.3 is 15.4 Å². The molecule has 26 heavy (non-hydrogen) atoms. The lowest BCUT2D eigenvalue weighted by Gasteiger charge is -2.03.